The topological polar surface area (TPSA) is 55.4 Å². The van der Waals surface area contributed by atoms with Gasteiger partial charge >= 0.3 is 0 Å². The van der Waals surface area contributed by atoms with Crippen molar-refractivity contribution in [2.75, 3.05) is 42.7 Å². The van der Waals surface area contributed by atoms with Crippen molar-refractivity contribution in [1.82, 2.24) is 0 Å². The lowest BCUT2D eigenvalue weighted by molar-refractivity contribution is 0.319. The van der Waals surface area contributed by atoms with Gasteiger partial charge in [0.05, 0.1) is 49.8 Å². The number of methoxy groups -OCH3 is 6. The van der Waals surface area contributed by atoms with E-state index in [1.807, 2.05) is 0 Å². The molecule has 0 amide bonds. The lowest BCUT2D eigenvalue weighted by Gasteiger charge is -2.24. The summed E-state index contributed by atoms with van der Waals surface area (Å²) in [6.45, 7) is 4.55. The van der Waals surface area contributed by atoms with Crippen LogP contribution in [0.1, 0.15) is 25.0 Å². The maximum Gasteiger partial charge on any atom is 0.204 e. The number of hydrogen-bond donors (Lipinski definition) is 0. The first-order chi connectivity index (χ1) is 15.3. The van der Waals surface area contributed by atoms with Crippen LogP contribution in [0.2, 0.25) is 0 Å². The maximum atomic E-state index is 5.62. The first kappa shape index (κ1) is 26.9. The standard InChI is InChI=1S/C24H32I2O6/c1-13(9-15-11-17(27-3)21(29-5)23(31-7)19(15)25)14(2)10-16-12-18(28-4)22(30-6)24(32-8)20(16)26/h11-14H,9-10H2,1-8H3/t13-,14+. The van der Waals surface area contributed by atoms with Gasteiger partial charge in [0, 0.05) is 0 Å². The molecule has 0 aliphatic carbocycles. The summed E-state index contributed by atoms with van der Waals surface area (Å²) in [5, 5.41) is 0. The zero-order valence-corrected chi connectivity index (χ0v) is 24.2. The highest BCUT2D eigenvalue weighted by molar-refractivity contribution is 14.1. The van der Waals surface area contributed by atoms with Crippen molar-refractivity contribution in [2.45, 2.75) is 26.7 Å². The third kappa shape index (κ3) is 5.60. The smallest absolute Gasteiger partial charge is 0.204 e. The predicted molar refractivity (Wildman–Crippen MR) is 143 cm³/mol. The van der Waals surface area contributed by atoms with Gasteiger partial charge in [0.2, 0.25) is 11.5 Å². The van der Waals surface area contributed by atoms with Gasteiger partial charge in [-0.05, 0) is 93.1 Å². The Bertz CT molecular complexity index is 856. The monoisotopic (exact) mass is 670 g/mol. The third-order valence-electron chi connectivity index (χ3n) is 5.74. The predicted octanol–water partition coefficient (Wildman–Crippen LogP) is 6.00. The minimum atomic E-state index is 0.404. The molecule has 0 unspecified atom stereocenters. The van der Waals surface area contributed by atoms with Gasteiger partial charge in [-0.2, -0.15) is 0 Å². The minimum Gasteiger partial charge on any atom is -0.493 e. The molecule has 0 bridgehead atoms. The van der Waals surface area contributed by atoms with Gasteiger partial charge in [-0.1, -0.05) is 13.8 Å². The minimum absolute atomic E-state index is 0.404. The number of halogens is 2. The van der Waals surface area contributed by atoms with Crippen LogP contribution in [0.15, 0.2) is 12.1 Å². The molecule has 0 saturated carbocycles. The van der Waals surface area contributed by atoms with Crippen LogP contribution in [0.4, 0.5) is 0 Å². The second kappa shape index (κ2) is 12.2. The van der Waals surface area contributed by atoms with E-state index < -0.39 is 0 Å². The van der Waals surface area contributed by atoms with Crippen LogP contribution >= 0.6 is 45.2 Å². The zero-order chi connectivity index (χ0) is 24.0. The van der Waals surface area contributed by atoms with E-state index in [2.05, 4.69) is 71.2 Å². The van der Waals surface area contributed by atoms with Gasteiger partial charge in [-0.3, -0.25) is 0 Å². The van der Waals surface area contributed by atoms with Crippen LogP contribution in [0.3, 0.4) is 0 Å². The van der Waals surface area contributed by atoms with E-state index in [4.69, 9.17) is 28.4 Å². The third-order valence-corrected chi connectivity index (χ3v) is 8.11. The van der Waals surface area contributed by atoms with Crippen LogP contribution in [0.25, 0.3) is 0 Å². The van der Waals surface area contributed by atoms with Crippen molar-refractivity contribution in [2.24, 2.45) is 11.8 Å². The number of benzene rings is 2. The molecule has 0 aromatic heterocycles. The Morgan fingerprint density at radius 3 is 1.12 bits per heavy atom. The first-order valence-corrected chi connectivity index (χ1v) is 12.4. The second-order valence-electron chi connectivity index (χ2n) is 7.60. The molecule has 0 N–H and O–H groups in total. The lowest BCUT2D eigenvalue weighted by atomic mass is 9.85. The van der Waals surface area contributed by atoms with E-state index >= 15 is 0 Å². The quantitative estimate of drug-likeness (QED) is 0.274. The molecule has 8 heteroatoms. The van der Waals surface area contributed by atoms with Crippen molar-refractivity contribution < 1.29 is 28.4 Å². The molecule has 0 aliphatic heterocycles. The van der Waals surface area contributed by atoms with Crippen LogP contribution in [-0.4, -0.2) is 42.7 Å². The molecule has 2 rings (SSSR count). The fourth-order valence-electron chi connectivity index (χ4n) is 3.74. The molecule has 32 heavy (non-hydrogen) atoms. The summed E-state index contributed by atoms with van der Waals surface area (Å²) >= 11 is 4.65. The van der Waals surface area contributed by atoms with Gasteiger partial charge in [0.15, 0.2) is 23.0 Å². The Morgan fingerprint density at radius 1 is 0.562 bits per heavy atom. The molecule has 2 aromatic carbocycles. The van der Waals surface area contributed by atoms with E-state index in [9.17, 15) is 0 Å². The van der Waals surface area contributed by atoms with E-state index in [-0.39, 0.29) is 0 Å². The molecule has 0 spiro atoms. The Morgan fingerprint density at radius 2 is 0.875 bits per heavy atom. The van der Waals surface area contributed by atoms with E-state index in [1.54, 1.807) is 42.7 Å². The van der Waals surface area contributed by atoms with Gasteiger partial charge in [0.1, 0.15) is 0 Å². The van der Waals surface area contributed by atoms with E-state index in [0.29, 0.717) is 46.3 Å². The van der Waals surface area contributed by atoms with Gasteiger partial charge in [0.25, 0.3) is 0 Å². The highest BCUT2D eigenvalue weighted by Crippen LogP contribution is 2.45. The average Bonchev–Trinajstić information content (AvgIpc) is 2.80. The average molecular weight is 670 g/mol. The Labute approximate surface area is 218 Å². The molecule has 178 valence electrons. The van der Waals surface area contributed by atoms with Crippen molar-refractivity contribution >= 4 is 45.2 Å². The Hall–Kier alpha value is -1.30. The van der Waals surface area contributed by atoms with Gasteiger partial charge in [-0.15, -0.1) is 0 Å². The normalized spacial score (nSPS) is 12.7. The lowest BCUT2D eigenvalue weighted by Crippen LogP contribution is -2.16. The number of hydrogen-bond acceptors (Lipinski definition) is 6. The molecular formula is C24H32I2O6. The molecule has 0 saturated heterocycles. The first-order valence-electron chi connectivity index (χ1n) is 10.2. The summed E-state index contributed by atoms with van der Waals surface area (Å²) in [6.07, 6.45) is 1.77. The number of ether oxygens (including phenoxy) is 6. The zero-order valence-electron chi connectivity index (χ0n) is 19.9. The van der Waals surface area contributed by atoms with Crippen molar-refractivity contribution in [3.05, 3.63) is 30.4 Å². The van der Waals surface area contributed by atoms with Crippen molar-refractivity contribution in [3.8, 4) is 34.5 Å². The number of rotatable bonds is 11. The molecule has 2 aromatic rings. The van der Waals surface area contributed by atoms with Crippen molar-refractivity contribution in [3.63, 3.8) is 0 Å². The summed E-state index contributed by atoms with van der Waals surface area (Å²) in [7, 11) is 9.85. The Kier molecular flexibility index (Phi) is 10.3. The van der Waals surface area contributed by atoms with E-state index in [1.165, 1.54) is 11.1 Å². The van der Waals surface area contributed by atoms with Gasteiger partial charge < -0.3 is 28.4 Å². The summed E-state index contributed by atoms with van der Waals surface area (Å²) in [6, 6.07) is 4.10. The summed E-state index contributed by atoms with van der Waals surface area (Å²) in [5.41, 5.74) is 2.36. The molecule has 2 atom stereocenters. The molecular weight excluding hydrogens is 638 g/mol. The van der Waals surface area contributed by atoms with Crippen LogP contribution in [0, 0.1) is 19.0 Å². The molecule has 0 aliphatic rings. The van der Waals surface area contributed by atoms with E-state index in [0.717, 1.165) is 20.0 Å². The van der Waals surface area contributed by atoms with Crippen LogP contribution in [0.5, 0.6) is 34.5 Å². The molecule has 6 nitrogen and oxygen atoms in total. The highest BCUT2D eigenvalue weighted by atomic mass is 127. The summed E-state index contributed by atoms with van der Waals surface area (Å²) in [4.78, 5) is 0. The molecule has 0 radical (unpaired) electrons. The maximum absolute atomic E-state index is 5.62. The van der Waals surface area contributed by atoms with Gasteiger partial charge in [-0.25, -0.2) is 0 Å². The SMILES string of the molecule is COc1cc(C[C@@H](C)[C@@H](C)Cc2cc(OC)c(OC)c(OC)c2I)c(I)c(OC)c1OC. The highest BCUT2D eigenvalue weighted by Gasteiger charge is 2.24. The Balaban J connectivity index is 2.33. The van der Waals surface area contributed by atoms with Crippen LogP contribution < -0.4 is 28.4 Å². The molecule has 0 fully saturated rings. The van der Waals surface area contributed by atoms with Crippen molar-refractivity contribution in [1.29, 1.82) is 0 Å². The fourth-order valence-corrected chi connectivity index (χ4v) is 5.42. The summed E-state index contributed by atoms with van der Waals surface area (Å²) < 4.78 is 35.5. The second-order valence-corrected chi connectivity index (χ2v) is 9.76. The largest absolute Gasteiger partial charge is 0.493 e. The fraction of sp³-hybridized carbons (Fsp3) is 0.500. The summed E-state index contributed by atoms with van der Waals surface area (Å²) in [5.74, 6) is 4.83. The molecule has 0 heterocycles. The van der Waals surface area contributed by atoms with Crippen LogP contribution in [-0.2, 0) is 12.8 Å².